The topological polar surface area (TPSA) is 90.3 Å². The number of carbonyl (C=O) groups is 3. The van der Waals surface area contributed by atoms with Gasteiger partial charge < -0.3 is 5.32 Å². The molecule has 0 saturated heterocycles. The molecule has 1 fully saturated rings. The zero-order chi connectivity index (χ0) is 18.7. The molecule has 1 saturated carbocycles. The van der Waals surface area contributed by atoms with E-state index in [4.69, 9.17) is 0 Å². The van der Waals surface area contributed by atoms with Crippen molar-refractivity contribution >= 4 is 34.1 Å². The van der Waals surface area contributed by atoms with Gasteiger partial charge in [0.2, 0.25) is 0 Å². The van der Waals surface area contributed by atoms with Gasteiger partial charge >= 0.3 is 0 Å². The highest BCUT2D eigenvalue weighted by Gasteiger charge is 2.44. The Balaban J connectivity index is 1.44. The van der Waals surface area contributed by atoms with E-state index in [-0.39, 0.29) is 29.3 Å². The van der Waals surface area contributed by atoms with Crippen molar-refractivity contribution in [3.05, 3.63) is 50.9 Å². The Labute approximate surface area is 159 Å². The van der Waals surface area contributed by atoms with Crippen molar-refractivity contribution in [2.24, 2.45) is 0 Å². The number of hydrogen-bond acceptors (Lipinski definition) is 5. The van der Waals surface area contributed by atoms with E-state index >= 15 is 0 Å². The molecule has 2 heterocycles. The van der Waals surface area contributed by atoms with Crippen molar-refractivity contribution in [1.29, 1.82) is 5.26 Å². The second kappa shape index (κ2) is 5.76. The van der Waals surface area contributed by atoms with E-state index in [1.807, 2.05) is 0 Å². The molecule has 3 amide bonds. The number of hydrogen-bond donors (Lipinski definition) is 1. The van der Waals surface area contributed by atoms with Gasteiger partial charge in [0.15, 0.2) is 0 Å². The van der Waals surface area contributed by atoms with Crippen LogP contribution in [0.15, 0.2) is 18.2 Å². The number of thiophene rings is 1. The smallest absolute Gasteiger partial charge is 0.261 e. The highest BCUT2D eigenvalue weighted by Crippen LogP contribution is 2.39. The Morgan fingerprint density at radius 1 is 1.19 bits per heavy atom. The lowest BCUT2D eigenvalue weighted by molar-refractivity contribution is 0.0642. The van der Waals surface area contributed by atoms with Gasteiger partial charge in [0.1, 0.15) is 11.1 Å². The van der Waals surface area contributed by atoms with E-state index in [1.54, 1.807) is 12.1 Å². The van der Waals surface area contributed by atoms with E-state index < -0.39 is 0 Å². The predicted octanol–water partition coefficient (Wildman–Crippen LogP) is 3.12. The standard InChI is InChI=1S/C20H15N3O3S/c21-9-15-12-2-1-3-16(12)27-18(15)22-17(24)10-4-7-13-14(8-10)20(26)23(19(13)25)11-5-6-11/h4,7-8,11H,1-3,5-6H2,(H,22,24). The average Bonchev–Trinajstić information content (AvgIpc) is 3.22. The lowest BCUT2D eigenvalue weighted by Crippen LogP contribution is -2.31. The van der Waals surface area contributed by atoms with Crippen LogP contribution in [0, 0.1) is 11.3 Å². The summed E-state index contributed by atoms with van der Waals surface area (Å²) in [5, 5.41) is 12.8. The molecule has 0 unspecified atom stereocenters. The van der Waals surface area contributed by atoms with Gasteiger partial charge in [0, 0.05) is 16.5 Å². The molecule has 3 aliphatic rings. The summed E-state index contributed by atoms with van der Waals surface area (Å²) in [5.41, 5.74) is 2.55. The average molecular weight is 377 g/mol. The number of amides is 3. The van der Waals surface area contributed by atoms with Crippen LogP contribution in [0.5, 0.6) is 0 Å². The van der Waals surface area contributed by atoms with Crippen LogP contribution in [0.4, 0.5) is 5.00 Å². The minimum atomic E-state index is -0.376. The lowest BCUT2D eigenvalue weighted by Gasteiger charge is -2.11. The quantitative estimate of drug-likeness (QED) is 0.832. The van der Waals surface area contributed by atoms with Gasteiger partial charge in [-0.1, -0.05) is 0 Å². The first-order chi connectivity index (χ1) is 13.1. The summed E-state index contributed by atoms with van der Waals surface area (Å²) in [5.74, 6) is -0.967. The molecule has 1 N–H and O–H groups in total. The molecular formula is C20H15N3O3S. The van der Waals surface area contributed by atoms with E-state index in [0.717, 1.165) is 42.5 Å². The summed E-state index contributed by atoms with van der Waals surface area (Å²) >= 11 is 1.45. The largest absolute Gasteiger partial charge is 0.312 e. The maximum Gasteiger partial charge on any atom is 0.261 e. The fourth-order valence-corrected chi connectivity index (χ4v) is 5.09. The molecule has 0 spiro atoms. The van der Waals surface area contributed by atoms with Crippen molar-refractivity contribution in [2.75, 3.05) is 5.32 Å². The molecule has 1 aromatic carbocycles. The minimum Gasteiger partial charge on any atom is -0.312 e. The van der Waals surface area contributed by atoms with Crippen molar-refractivity contribution in [3.8, 4) is 6.07 Å². The maximum atomic E-state index is 12.7. The third-order valence-electron chi connectivity index (χ3n) is 5.35. The summed E-state index contributed by atoms with van der Waals surface area (Å²) in [4.78, 5) is 40.1. The summed E-state index contributed by atoms with van der Waals surface area (Å²) < 4.78 is 0. The first kappa shape index (κ1) is 16.2. The van der Waals surface area contributed by atoms with Crippen LogP contribution >= 0.6 is 11.3 Å². The van der Waals surface area contributed by atoms with Crippen molar-refractivity contribution in [2.45, 2.75) is 38.1 Å². The van der Waals surface area contributed by atoms with Gasteiger partial charge in [0.05, 0.1) is 16.7 Å². The maximum absolute atomic E-state index is 12.7. The van der Waals surface area contributed by atoms with E-state index in [1.165, 1.54) is 22.3 Å². The Morgan fingerprint density at radius 2 is 1.96 bits per heavy atom. The number of nitrogens with one attached hydrogen (secondary N) is 1. The molecular weight excluding hydrogens is 362 g/mol. The number of carbonyl (C=O) groups excluding carboxylic acids is 3. The van der Waals surface area contributed by atoms with Crippen LogP contribution in [-0.4, -0.2) is 28.7 Å². The molecule has 0 radical (unpaired) electrons. The number of nitrogens with zero attached hydrogens (tertiary/aromatic N) is 2. The van der Waals surface area contributed by atoms with Gasteiger partial charge in [-0.3, -0.25) is 19.3 Å². The minimum absolute atomic E-state index is 0.00127. The zero-order valence-corrected chi connectivity index (χ0v) is 15.2. The van der Waals surface area contributed by atoms with Crippen molar-refractivity contribution < 1.29 is 14.4 Å². The summed E-state index contributed by atoms with van der Waals surface area (Å²) in [6.07, 6.45) is 4.55. The molecule has 2 aromatic rings. The number of anilines is 1. The lowest BCUT2D eigenvalue weighted by atomic mass is 10.1. The van der Waals surface area contributed by atoms with Crippen molar-refractivity contribution in [3.63, 3.8) is 0 Å². The number of benzene rings is 1. The molecule has 5 rings (SSSR count). The molecule has 2 aliphatic carbocycles. The van der Waals surface area contributed by atoms with Crippen molar-refractivity contribution in [1.82, 2.24) is 4.90 Å². The first-order valence-corrected chi connectivity index (χ1v) is 9.78. The number of imide groups is 1. The Bertz CT molecular complexity index is 1070. The van der Waals surface area contributed by atoms with Crippen LogP contribution < -0.4 is 5.32 Å². The molecule has 134 valence electrons. The predicted molar refractivity (Wildman–Crippen MR) is 99.0 cm³/mol. The second-order valence-electron chi connectivity index (χ2n) is 7.10. The van der Waals surface area contributed by atoms with Gasteiger partial charge in [0.25, 0.3) is 17.7 Å². The fraction of sp³-hybridized carbons (Fsp3) is 0.300. The molecule has 1 aromatic heterocycles. The van der Waals surface area contributed by atoms with Gasteiger partial charge in [-0.05, 0) is 55.9 Å². The third kappa shape index (κ3) is 2.41. The van der Waals surface area contributed by atoms with Gasteiger partial charge in [-0.25, -0.2) is 0 Å². The second-order valence-corrected chi connectivity index (χ2v) is 8.20. The van der Waals surface area contributed by atoms with Crippen LogP contribution in [0.1, 0.15) is 66.3 Å². The van der Waals surface area contributed by atoms with Crippen LogP contribution in [-0.2, 0) is 12.8 Å². The fourth-order valence-electron chi connectivity index (χ4n) is 3.85. The highest BCUT2D eigenvalue weighted by atomic mass is 32.1. The summed E-state index contributed by atoms with van der Waals surface area (Å²) in [6.45, 7) is 0. The number of aryl methyl sites for hydroxylation is 1. The Kier molecular flexibility index (Phi) is 3.46. The summed E-state index contributed by atoms with van der Waals surface area (Å²) in [7, 11) is 0. The molecule has 7 heteroatoms. The summed E-state index contributed by atoms with van der Waals surface area (Å²) in [6, 6.07) is 6.80. The molecule has 27 heavy (non-hydrogen) atoms. The highest BCUT2D eigenvalue weighted by molar-refractivity contribution is 7.16. The third-order valence-corrected chi connectivity index (χ3v) is 6.56. The van der Waals surface area contributed by atoms with Crippen LogP contribution in [0.3, 0.4) is 0 Å². The van der Waals surface area contributed by atoms with Gasteiger partial charge in [-0.15, -0.1) is 11.3 Å². The number of fused-ring (bicyclic) bond motifs is 2. The molecule has 0 atom stereocenters. The zero-order valence-electron chi connectivity index (χ0n) is 14.4. The van der Waals surface area contributed by atoms with E-state index in [0.29, 0.717) is 21.7 Å². The van der Waals surface area contributed by atoms with Gasteiger partial charge in [-0.2, -0.15) is 5.26 Å². The normalized spacial score (nSPS) is 17.7. The van der Waals surface area contributed by atoms with E-state index in [2.05, 4.69) is 11.4 Å². The number of nitriles is 1. The first-order valence-electron chi connectivity index (χ1n) is 8.96. The monoisotopic (exact) mass is 377 g/mol. The van der Waals surface area contributed by atoms with Crippen LogP contribution in [0.2, 0.25) is 0 Å². The SMILES string of the molecule is N#Cc1c(NC(=O)c2ccc3c(c2)C(=O)N(C2CC2)C3=O)sc2c1CCC2. The molecule has 1 aliphatic heterocycles. The molecule has 6 nitrogen and oxygen atoms in total. The Morgan fingerprint density at radius 3 is 2.70 bits per heavy atom. The Hall–Kier alpha value is -2.98. The molecule has 0 bridgehead atoms. The number of rotatable bonds is 3. The van der Waals surface area contributed by atoms with Crippen LogP contribution in [0.25, 0.3) is 0 Å². The van der Waals surface area contributed by atoms with E-state index in [9.17, 15) is 19.6 Å².